The Morgan fingerprint density at radius 1 is 1.00 bits per heavy atom. The fraction of sp³-hybridized carbons (Fsp3) is 0.263. The van der Waals surface area contributed by atoms with E-state index in [-0.39, 0.29) is 0 Å². The minimum Gasteiger partial charge on any atom is -0.382 e. The summed E-state index contributed by atoms with van der Waals surface area (Å²) in [6.45, 7) is 6.38. The van der Waals surface area contributed by atoms with Gasteiger partial charge in [0.15, 0.2) is 0 Å². The molecule has 2 heterocycles. The van der Waals surface area contributed by atoms with Crippen molar-refractivity contribution in [2.45, 2.75) is 19.9 Å². The lowest BCUT2D eigenvalue weighted by Gasteiger charge is -2.23. The molecule has 112 valence electrons. The van der Waals surface area contributed by atoms with Crippen LogP contribution in [0.3, 0.4) is 0 Å². The van der Waals surface area contributed by atoms with Gasteiger partial charge in [-0.25, -0.2) is 0 Å². The summed E-state index contributed by atoms with van der Waals surface area (Å²) in [6.07, 6.45) is 2.18. The molecular formula is C19H21N3. The van der Waals surface area contributed by atoms with Crippen LogP contribution in [0.25, 0.3) is 22.0 Å². The first-order valence-electron chi connectivity index (χ1n) is 7.96. The Balaban J connectivity index is 1.85. The quantitative estimate of drug-likeness (QED) is 0.715. The molecule has 0 radical (unpaired) electrons. The first kappa shape index (κ1) is 13.3. The highest BCUT2D eigenvalue weighted by Crippen LogP contribution is 2.37. The standard InChI is InChI=1S/C19H21N3/c1-13(2)22-11-8-15-12-14(6-7-18(15)22)16-4-3-5-17-19(16)21-10-9-20-17/h3-8,11-13,20-21H,9-10H2,1-2H3. The van der Waals surface area contributed by atoms with Crippen LogP contribution >= 0.6 is 0 Å². The Labute approximate surface area is 131 Å². The average Bonchev–Trinajstić information content (AvgIpc) is 2.97. The molecule has 3 nitrogen and oxygen atoms in total. The zero-order chi connectivity index (χ0) is 15.1. The largest absolute Gasteiger partial charge is 0.382 e. The molecule has 1 aromatic heterocycles. The molecule has 22 heavy (non-hydrogen) atoms. The highest BCUT2D eigenvalue weighted by Gasteiger charge is 2.14. The molecule has 3 heteroatoms. The van der Waals surface area contributed by atoms with Crippen LogP contribution in [0.2, 0.25) is 0 Å². The molecule has 2 N–H and O–H groups in total. The molecule has 0 bridgehead atoms. The van der Waals surface area contributed by atoms with Crippen molar-refractivity contribution in [3.8, 4) is 11.1 Å². The van der Waals surface area contributed by atoms with Gasteiger partial charge in [0.1, 0.15) is 0 Å². The minimum atomic E-state index is 0.485. The molecule has 3 aromatic rings. The number of fused-ring (bicyclic) bond motifs is 2. The third-order valence-corrected chi connectivity index (χ3v) is 4.39. The SMILES string of the molecule is CC(C)n1ccc2cc(-c3cccc4c3NCCN4)ccc21. The van der Waals surface area contributed by atoms with Gasteiger partial charge in [0.05, 0.1) is 11.4 Å². The number of anilines is 2. The summed E-state index contributed by atoms with van der Waals surface area (Å²) in [5.41, 5.74) is 6.25. The van der Waals surface area contributed by atoms with Gasteiger partial charge in [-0.1, -0.05) is 18.2 Å². The molecule has 1 aliphatic heterocycles. The molecule has 0 amide bonds. The maximum absolute atomic E-state index is 3.53. The molecule has 0 fully saturated rings. The number of hydrogen-bond acceptors (Lipinski definition) is 2. The van der Waals surface area contributed by atoms with Crippen LogP contribution in [0.1, 0.15) is 19.9 Å². The molecule has 0 atom stereocenters. The molecule has 2 aromatic carbocycles. The van der Waals surface area contributed by atoms with Crippen LogP contribution in [0, 0.1) is 0 Å². The smallest absolute Gasteiger partial charge is 0.0656 e. The van der Waals surface area contributed by atoms with Gasteiger partial charge in [0.25, 0.3) is 0 Å². The average molecular weight is 291 g/mol. The van der Waals surface area contributed by atoms with Crippen LogP contribution < -0.4 is 10.6 Å². The molecule has 0 spiro atoms. The normalized spacial score (nSPS) is 13.8. The molecule has 0 saturated carbocycles. The van der Waals surface area contributed by atoms with E-state index in [0.717, 1.165) is 13.1 Å². The zero-order valence-electron chi connectivity index (χ0n) is 13.1. The predicted octanol–water partition coefficient (Wildman–Crippen LogP) is 4.73. The molecule has 1 aliphatic rings. The van der Waals surface area contributed by atoms with Gasteiger partial charge in [0.2, 0.25) is 0 Å². The summed E-state index contributed by atoms with van der Waals surface area (Å²) >= 11 is 0. The Morgan fingerprint density at radius 2 is 1.86 bits per heavy atom. The third-order valence-electron chi connectivity index (χ3n) is 4.39. The highest BCUT2D eigenvalue weighted by molar-refractivity contribution is 5.92. The van der Waals surface area contributed by atoms with Crippen LogP contribution in [-0.2, 0) is 0 Å². The van der Waals surface area contributed by atoms with E-state index in [2.05, 4.69) is 77.7 Å². The number of aromatic nitrogens is 1. The van der Waals surface area contributed by atoms with E-state index in [0.29, 0.717) is 6.04 Å². The van der Waals surface area contributed by atoms with Crippen molar-refractivity contribution in [3.63, 3.8) is 0 Å². The van der Waals surface area contributed by atoms with Crippen LogP contribution in [-0.4, -0.2) is 17.7 Å². The van der Waals surface area contributed by atoms with Crippen molar-refractivity contribution >= 4 is 22.3 Å². The molecule has 4 rings (SSSR count). The monoisotopic (exact) mass is 291 g/mol. The summed E-state index contributed by atoms with van der Waals surface area (Å²) in [4.78, 5) is 0. The van der Waals surface area contributed by atoms with E-state index in [1.54, 1.807) is 0 Å². The maximum Gasteiger partial charge on any atom is 0.0656 e. The van der Waals surface area contributed by atoms with Crippen molar-refractivity contribution in [1.29, 1.82) is 0 Å². The Morgan fingerprint density at radius 3 is 2.73 bits per heavy atom. The second-order valence-electron chi connectivity index (χ2n) is 6.17. The Hall–Kier alpha value is -2.42. The van der Waals surface area contributed by atoms with E-state index in [9.17, 15) is 0 Å². The lowest BCUT2D eigenvalue weighted by Crippen LogP contribution is -2.20. The van der Waals surface area contributed by atoms with E-state index >= 15 is 0 Å². The van der Waals surface area contributed by atoms with Crippen LogP contribution in [0.15, 0.2) is 48.7 Å². The second-order valence-corrected chi connectivity index (χ2v) is 6.17. The van der Waals surface area contributed by atoms with Gasteiger partial charge in [-0.3, -0.25) is 0 Å². The topological polar surface area (TPSA) is 29.0 Å². The first-order valence-corrected chi connectivity index (χ1v) is 7.96. The predicted molar refractivity (Wildman–Crippen MR) is 94.7 cm³/mol. The summed E-state index contributed by atoms with van der Waals surface area (Å²) in [5, 5.41) is 8.29. The third kappa shape index (κ3) is 2.05. The van der Waals surface area contributed by atoms with Crippen molar-refractivity contribution in [3.05, 3.63) is 48.7 Å². The lowest BCUT2D eigenvalue weighted by molar-refractivity contribution is 0.623. The number of rotatable bonds is 2. The fourth-order valence-corrected chi connectivity index (χ4v) is 3.30. The Bertz CT molecular complexity index is 830. The van der Waals surface area contributed by atoms with Crippen molar-refractivity contribution < 1.29 is 0 Å². The molecule has 0 unspecified atom stereocenters. The first-order chi connectivity index (χ1) is 10.7. The summed E-state index contributed by atoms with van der Waals surface area (Å²) in [5.74, 6) is 0. The van der Waals surface area contributed by atoms with Crippen LogP contribution in [0.5, 0.6) is 0 Å². The van der Waals surface area contributed by atoms with Crippen molar-refractivity contribution in [2.24, 2.45) is 0 Å². The van der Waals surface area contributed by atoms with Gasteiger partial charge in [-0.15, -0.1) is 0 Å². The van der Waals surface area contributed by atoms with E-state index in [4.69, 9.17) is 0 Å². The van der Waals surface area contributed by atoms with Gasteiger partial charge < -0.3 is 15.2 Å². The molecular weight excluding hydrogens is 270 g/mol. The summed E-state index contributed by atoms with van der Waals surface area (Å²) in [6, 6.07) is 15.9. The van der Waals surface area contributed by atoms with E-state index in [1.807, 2.05) is 0 Å². The minimum absolute atomic E-state index is 0.485. The number of nitrogens with one attached hydrogen (secondary N) is 2. The summed E-state index contributed by atoms with van der Waals surface area (Å²) in [7, 11) is 0. The number of nitrogens with zero attached hydrogens (tertiary/aromatic N) is 1. The molecule has 0 saturated heterocycles. The van der Waals surface area contributed by atoms with Gasteiger partial charge in [-0.2, -0.15) is 0 Å². The van der Waals surface area contributed by atoms with Crippen molar-refractivity contribution in [1.82, 2.24) is 4.57 Å². The fourth-order valence-electron chi connectivity index (χ4n) is 3.30. The Kier molecular flexibility index (Phi) is 3.07. The van der Waals surface area contributed by atoms with Gasteiger partial charge in [-0.05, 0) is 43.7 Å². The van der Waals surface area contributed by atoms with Crippen LogP contribution in [0.4, 0.5) is 11.4 Å². The molecule has 0 aliphatic carbocycles. The van der Waals surface area contributed by atoms with Gasteiger partial charge >= 0.3 is 0 Å². The highest BCUT2D eigenvalue weighted by atomic mass is 15.0. The van der Waals surface area contributed by atoms with E-state index in [1.165, 1.54) is 33.4 Å². The van der Waals surface area contributed by atoms with E-state index < -0.39 is 0 Å². The lowest BCUT2D eigenvalue weighted by atomic mass is 10.00. The van der Waals surface area contributed by atoms with Gasteiger partial charge in [0, 0.05) is 41.8 Å². The zero-order valence-corrected chi connectivity index (χ0v) is 13.1. The number of hydrogen-bond donors (Lipinski definition) is 2. The number of para-hydroxylation sites is 1. The summed E-state index contributed by atoms with van der Waals surface area (Å²) < 4.78 is 2.32. The van der Waals surface area contributed by atoms with Crippen molar-refractivity contribution in [2.75, 3.05) is 23.7 Å². The second kappa shape index (κ2) is 5.09. The maximum atomic E-state index is 3.53. The number of benzene rings is 2.